The van der Waals surface area contributed by atoms with Crippen LogP contribution in [0.25, 0.3) is 5.52 Å². The summed E-state index contributed by atoms with van der Waals surface area (Å²) in [5, 5.41) is 16.1. The van der Waals surface area contributed by atoms with Crippen LogP contribution in [0.15, 0.2) is 30.5 Å². The number of nitrogens with one attached hydrogen (secondary N) is 1. The third-order valence-corrected chi connectivity index (χ3v) is 3.62. The first-order valence-corrected chi connectivity index (χ1v) is 7.44. The van der Waals surface area contributed by atoms with Crippen molar-refractivity contribution in [2.24, 2.45) is 0 Å². The lowest BCUT2D eigenvalue weighted by atomic mass is 10.1. The third-order valence-electron chi connectivity index (χ3n) is 3.62. The standard InChI is InChI=1S/C16H14F3N5O2/c1-8-22-14(13-4-10(15(25)26)7-24(13)23-8)21-6-9-2-11(16(17,18)19)5-12(20)3-9/h2-5,7H,6,20H2,1H3,(H,25,26)(H,21,22,23). The Bertz CT molecular complexity index is 997. The molecule has 7 nitrogen and oxygen atoms in total. The van der Waals surface area contributed by atoms with E-state index in [4.69, 9.17) is 10.8 Å². The predicted molar refractivity (Wildman–Crippen MR) is 87.9 cm³/mol. The van der Waals surface area contributed by atoms with Gasteiger partial charge in [-0.15, -0.1) is 0 Å². The molecule has 0 saturated heterocycles. The van der Waals surface area contributed by atoms with Crippen molar-refractivity contribution in [3.8, 4) is 0 Å². The number of carboxylic acid groups (broad SMARTS) is 1. The highest BCUT2D eigenvalue weighted by Gasteiger charge is 2.31. The SMILES string of the molecule is Cc1nc(NCc2cc(N)cc(C(F)(F)F)c2)c2cc(C(=O)O)cn2n1. The van der Waals surface area contributed by atoms with E-state index in [1.165, 1.54) is 22.8 Å². The molecular weight excluding hydrogens is 351 g/mol. The number of aryl methyl sites for hydroxylation is 1. The average Bonchev–Trinajstić information content (AvgIpc) is 2.95. The van der Waals surface area contributed by atoms with Gasteiger partial charge in [0, 0.05) is 18.4 Å². The minimum absolute atomic E-state index is 0.00325. The average molecular weight is 365 g/mol. The van der Waals surface area contributed by atoms with E-state index in [0.29, 0.717) is 22.7 Å². The van der Waals surface area contributed by atoms with Crippen molar-refractivity contribution in [2.45, 2.75) is 19.6 Å². The summed E-state index contributed by atoms with van der Waals surface area (Å²) in [6, 6.07) is 4.66. The zero-order valence-corrected chi connectivity index (χ0v) is 13.5. The smallest absolute Gasteiger partial charge is 0.416 e. The summed E-state index contributed by atoms with van der Waals surface area (Å²) in [6.07, 6.45) is -3.17. The number of carboxylic acids is 1. The largest absolute Gasteiger partial charge is 0.478 e. The highest BCUT2D eigenvalue weighted by molar-refractivity contribution is 5.90. The molecule has 0 aliphatic carbocycles. The second-order valence-electron chi connectivity index (χ2n) is 5.69. The van der Waals surface area contributed by atoms with Crippen LogP contribution in [-0.4, -0.2) is 25.7 Å². The van der Waals surface area contributed by atoms with E-state index in [1.54, 1.807) is 6.92 Å². The number of carbonyl (C=O) groups is 1. The van der Waals surface area contributed by atoms with Crippen LogP contribution in [0.2, 0.25) is 0 Å². The summed E-state index contributed by atoms with van der Waals surface area (Å²) in [7, 11) is 0. The molecular formula is C16H14F3N5O2. The molecule has 0 unspecified atom stereocenters. The molecule has 2 aromatic heterocycles. The Morgan fingerprint density at radius 2 is 2.04 bits per heavy atom. The van der Waals surface area contributed by atoms with Gasteiger partial charge < -0.3 is 16.2 Å². The molecule has 0 bridgehead atoms. The molecule has 0 amide bonds. The van der Waals surface area contributed by atoms with Crippen LogP contribution in [0.3, 0.4) is 0 Å². The van der Waals surface area contributed by atoms with Gasteiger partial charge in [0.05, 0.1) is 11.1 Å². The van der Waals surface area contributed by atoms with Gasteiger partial charge in [-0.1, -0.05) is 0 Å². The maximum absolute atomic E-state index is 12.9. The predicted octanol–water partition coefficient (Wildman–Crippen LogP) is 2.95. The molecule has 10 heteroatoms. The molecule has 136 valence electrons. The zero-order chi connectivity index (χ0) is 19.1. The minimum Gasteiger partial charge on any atom is -0.478 e. The minimum atomic E-state index is -4.50. The summed E-state index contributed by atoms with van der Waals surface area (Å²) in [4.78, 5) is 15.3. The Morgan fingerprint density at radius 1 is 1.31 bits per heavy atom. The fourth-order valence-corrected chi connectivity index (χ4v) is 2.53. The molecule has 0 fully saturated rings. The summed E-state index contributed by atoms with van der Waals surface area (Å²) in [5.74, 6) is -0.443. The van der Waals surface area contributed by atoms with Crippen LogP contribution in [0.1, 0.15) is 27.3 Å². The van der Waals surface area contributed by atoms with Crippen LogP contribution in [0.4, 0.5) is 24.7 Å². The summed E-state index contributed by atoms with van der Waals surface area (Å²) < 4.78 is 40.0. The zero-order valence-electron chi connectivity index (χ0n) is 13.5. The van der Waals surface area contributed by atoms with Gasteiger partial charge in [0.25, 0.3) is 0 Å². The maximum Gasteiger partial charge on any atom is 0.416 e. The highest BCUT2D eigenvalue weighted by atomic mass is 19.4. The van der Waals surface area contributed by atoms with E-state index in [1.807, 2.05) is 0 Å². The number of aromatic carboxylic acids is 1. The van der Waals surface area contributed by atoms with Gasteiger partial charge in [-0.2, -0.15) is 18.3 Å². The van der Waals surface area contributed by atoms with Crippen molar-refractivity contribution in [3.63, 3.8) is 0 Å². The molecule has 0 aliphatic rings. The van der Waals surface area contributed by atoms with E-state index in [-0.39, 0.29) is 17.8 Å². The van der Waals surface area contributed by atoms with Gasteiger partial charge in [0.1, 0.15) is 11.3 Å². The van der Waals surface area contributed by atoms with Crippen molar-refractivity contribution in [1.82, 2.24) is 14.6 Å². The van der Waals surface area contributed by atoms with Crippen LogP contribution in [0, 0.1) is 6.92 Å². The highest BCUT2D eigenvalue weighted by Crippen LogP contribution is 2.31. The quantitative estimate of drug-likeness (QED) is 0.614. The normalized spacial score (nSPS) is 11.7. The lowest BCUT2D eigenvalue weighted by molar-refractivity contribution is -0.137. The van der Waals surface area contributed by atoms with Gasteiger partial charge >= 0.3 is 12.1 Å². The van der Waals surface area contributed by atoms with Crippen LogP contribution in [0.5, 0.6) is 0 Å². The van der Waals surface area contributed by atoms with E-state index in [9.17, 15) is 18.0 Å². The van der Waals surface area contributed by atoms with Crippen molar-refractivity contribution in [2.75, 3.05) is 11.1 Å². The molecule has 3 aromatic rings. The molecule has 0 atom stereocenters. The van der Waals surface area contributed by atoms with E-state index >= 15 is 0 Å². The Balaban J connectivity index is 1.93. The number of hydrogen-bond acceptors (Lipinski definition) is 5. The number of halogens is 3. The van der Waals surface area contributed by atoms with Crippen molar-refractivity contribution < 1.29 is 23.1 Å². The Kier molecular flexibility index (Phi) is 4.18. The second-order valence-corrected chi connectivity index (χ2v) is 5.69. The topological polar surface area (TPSA) is 106 Å². The van der Waals surface area contributed by atoms with Crippen LogP contribution >= 0.6 is 0 Å². The third kappa shape index (κ3) is 3.53. The Hall–Kier alpha value is -3.30. The maximum atomic E-state index is 12.9. The number of nitrogen functional groups attached to an aromatic ring is 1. The van der Waals surface area contributed by atoms with Gasteiger partial charge in [0.15, 0.2) is 5.82 Å². The molecule has 4 N–H and O–H groups in total. The lowest BCUT2D eigenvalue weighted by Gasteiger charge is -2.12. The van der Waals surface area contributed by atoms with Gasteiger partial charge in [-0.25, -0.2) is 14.3 Å². The molecule has 3 rings (SSSR count). The van der Waals surface area contributed by atoms with Crippen LogP contribution in [-0.2, 0) is 12.7 Å². The molecule has 26 heavy (non-hydrogen) atoms. The number of anilines is 2. The Labute approximate surface area is 145 Å². The summed E-state index contributed by atoms with van der Waals surface area (Å²) in [6.45, 7) is 1.64. The van der Waals surface area contributed by atoms with Crippen molar-refractivity contribution in [1.29, 1.82) is 0 Å². The molecule has 1 aromatic carbocycles. The number of rotatable bonds is 4. The number of benzene rings is 1. The first kappa shape index (κ1) is 17.5. The number of hydrogen-bond donors (Lipinski definition) is 3. The number of fused-ring (bicyclic) bond motifs is 1. The number of alkyl halides is 3. The van der Waals surface area contributed by atoms with Gasteiger partial charge in [-0.3, -0.25) is 0 Å². The lowest BCUT2D eigenvalue weighted by Crippen LogP contribution is -2.10. The van der Waals surface area contributed by atoms with E-state index < -0.39 is 17.7 Å². The Morgan fingerprint density at radius 3 is 2.69 bits per heavy atom. The first-order chi connectivity index (χ1) is 12.1. The molecule has 0 radical (unpaired) electrons. The van der Waals surface area contributed by atoms with Crippen molar-refractivity contribution in [3.05, 3.63) is 53.0 Å². The van der Waals surface area contributed by atoms with E-state index in [0.717, 1.165) is 12.1 Å². The molecule has 0 saturated carbocycles. The fraction of sp³-hybridized carbons (Fsp3) is 0.188. The fourth-order valence-electron chi connectivity index (χ4n) is 2.53. The number of nitrogens with zero attached hydrogens (tertiary/aromatic N) is 3. The van der Waals surface area contributed by atoms with E-state index in [2.05, 4.69) is 15.4 Å². The molecule has 0 spiro atoms. The number of nitrogens with two attached hydrogens (primary N) is 1. The van der Waals surface area contributed by atoms with Crippen molar-refractivity contribution >= 4 is 23.0 Å². The second kappa shape index (κ2) is 6.21. The number of aromatic nitrogens is 3. The van der Waals surface area contributed by atoms with Gasteiger partial charge in [0.2, 0.25) is 0 Å². The molecule has 2 heterocycles. The first-order valence-electron chi connectivity index (χ1n) is 7.44. The van der Waals surface area contributed by atoms with Gasteiger partial charge in [-0.05, 0) is 36.8 Å². The monoisotopic (exact) mass is 365 g/mol. The summed E-state index contributed by atoms with van der Waals surface area (Å²) in [5.41, 5.74) is 5.45. The summed E-state index contributed by atoms with van der Waals surface area (Å²) >= 11 is 0. The molecule has 0 aliphatic heterocycles. The van der Waals surface area contributed by atoms with Crippen LogP contribution < -0.4 is 11.1 Å².